The molecule has 0 heterocycles. The van der Waals surface area contributed by atoms with Crippen molar-refractivity contribution in [3.05, 3.63) is 64.7 Å². The minimum Gasteiger partial charge on any atom is -0.351 e. The van der Waals surface area contributed by atoms with Crippen molar-refractivity contribution in [2.75, 3.05) is 5.32 Å². The molecule has 2 rings (SSSR count). The monoisotopic (exact) mass is 398 g/mol. The molecule has 0 unspecified atom stereocenters. The van der Waals surface area contributed by atoms with Gasteiger partial charge in [0.15, 0.2) is 0 Å². The Hall–Kier alpha value is -2.54. The number of hydrogen-bond acceptors (Lipinski definition) is 2. The number of amides is 2. The highest BCUT2D eigenvalue weighted by Crippen LogP contribution is 2.37. The van der Waals surface area contributed by atoms with Crippen molar-refractivity contribution in [1.82, 2.24) is 5.32 Å². The van der Waals surface area contributed by atoms with Crippen LogP contribution in [0, 0.1) is 5.41 Å². The Balaban J connectivity index is 2.13. The quantitative estimate of drug-likeness (QED) is 0.721. The molecular weight excluding hydrogens is 381 g/mol. The molecule has 2 amide bonds. The molecule has 0 radical (unpaired) electrons. The summed E-state index contributed by atoms with van der Waals surface area (Å²) in [6.45, 7) is 2.88. The van der Waals surface area contributed by atoms with Gasteiger partial charge >= 0.3 is 6.18 Å². The van der Waals surface area contributed by atoms with Crippen LogP contribution < -0.4 is 10.6 Å². The lowest BCUT2D eigenvalue weighted by atomic mass is 9.90. The third-order valence-electron chi connectivity index (χ3n) is 3.97. The highest BCUT2D eigenvalue weighted by atomic mass is 35.5. The van der Waals surface area contributed by atoms with Gasteiger partial charge in [-0.15, -0.1) is 0 Å². The van der Waals surface area contributed by atoms with Crippen molar-refractivity contribution < 1.29 is 22.8 Å². The van der Waals surface area contributed by atoms with Gasteiger partial charge in [-0.05, 0) is 37.6 Å². The molecule has 0 bridgehead atoms. The summed E-state index contributed by atoms with van der Waals surface area (Å²) >= 11 is 5.62. The van der Waals surface area contributed by atoms with Crippen LogP contribution >= 0.6 is 11.6 Å². The number of nitrogens with one attached hydrogen (secondary N) is 2. The van der Waals surface area contributed by atoms with Crippen molar-refractivity contribution in [2.24, 2.45) is 5.41 Å². The average Bonchev–Trinajstić information content (AvgIpc) is 2.61. The van der Waals surface area contributed by atoms with Crippen LogP contribution in [-0.4, -0.2) is 11.8 Å². The van der Waals surface area contributed by atoms with E-state index < -0.39 is 34.7 Å². The van der Waals surface area contributed by atoms with Gasteiger partial charge in [-0.2, -0.15) is 13.2 Å². The summed E-state index contributed by atoms with van der Waals surface area (Å²) in [5.41, 5.74) is -2.29. The van der Waals surface area contributed by atoms with Crippen LogP contribution in [0.1, 0.15) is 25.0 Å². The molecule has 0 aromatic heterocycles. The average molecular weight is 399 g/mol. The Labute approximate surface area is 159 Å². The highest BCUT2D eigenvalue weighted by Gasteiger charge is 2.39. The lowest BCUT2D eigenvalue weighted by Crippen LogP contribution is -2.45. The zero-order valence-electron chi connectivity index (χ0n) is 14.7. The van der Waals surface area contributed by atoms with E-state index in [9.17, 15) is 22.8 Å². The van der Waals surface area contributed by atoms with Crippen molar-refractivity contribution in [2.45, 2.75) is 26.6 Å². The molecule has 8 heteroatoms. The van der Waals surface area contributed by atoms with E-state index in [4.69, 9.17) is 11.6 Å². The molecule has 2 N–H and O–H groups in total. The highest BCUT2D eigenvalue weighted by molar-refractivity contribution is 6.30. The number of hydrogen-bond donors (Lipinski definition) is 2. The number of carbonyl (C=O) groups is 2. The van der Waals surface area contributed by atoms with E-state index in [1.165, 1.54) is 19.9 Å². The summed E-state index contributed by atoms with van der Waals surface area (Å²) < 4.78 is 39.5. The second-order valence-corrected chi connectivity index (χ2v) is 6.87. The van der Waals surface area contributed by atoms with Crippen molar-refractivity contribution in [3.63, 3.8) is 0 Å². The van der Waals surface area contributed by atoms with Gasteiger partial charge in [-0.1, -0.05) is 41.9 Å². The first kappa shape index (κ1) is 20.8. The fourth-order valence-corrected chi connectivity index (χ4v) is 2.41. The zero-order chi connectivity index (χ0) is 20.2. The molecule has 0 saturated heterocycles. The number of benzene rings is 2. The summed E-state index contributed by atoms with van der Waals surface area (Å²) in [4.78, 5) is 24.9. The van der Waals surface area contributed by atoms with Gasteiger partial charge in [-0.25, -0.2) is 0 Å². The first-order valence-electron chi connectivity index (χ1n) is 8.02. The molecular formula is C19H18ClF3N2O2. The van der Waals surface area contributed by atoms with E-state index in [0.717, 1.165) is 17.7 Å². The second-order valence-electron chi connectivity index (χ2n) is 6.44. The van der Waals surface area contributed by atoms with Gasteiger partial charge in [0.05, 0.1) is 11.3 Å². The van der Waals surface area contributed by atoms with E-state index in [1.807, 2.05) is 6.07 Å². The largest absolute Gasteiger partial charge is 0.418 e. The van der Waals surface area contributed by atoms with Crippen LogP contribution in [0.3, 0.4) is 0 Å². The molecule has 0 spiro atoms. The SMILES string of the molecule is CC(C)(C(=O)NCc1ccccc1)C(=O)Nc1ccc(Cl)cc1C(F)(F)F. The molecule has 0 aliphatic heterocycles. The molecule has 0 aliphatic carbocycles. The molecule has 27 heavy (non-hydrogen) atoms. The summed E-state index contributed by atoms with van der Waals surface area (Å²) in [5.74, 6) is -1.47. The maximum Gasteiger partial charge on any atom is 0.418 e. The van der Waals surface area contributed by atoms with Gasteiger partial charge in [0.25, 0.3) is 0 Å². The van der Waals surface area contributed by atoms with Gasteiger partial charge in [0.1, 0.15) is 5.41 Å². The molecule has 0 fully saturated rings. The first-order valence-corrected chi connectivity index (χ1v) is 8.40. The molecule has 0 aliphatic rings. The van der Waals surface area contributed by atoms with Crippen molar-refractivity contribution >= 4 is 29.1 Å². The standard InChI is InChI=1S/C19H18ClF3N2O2/c1-18(2,16(26)24-11-12-6-4-3-5-7-12)17(27)25-15-9-8-13(20)10-14(15)19(21,22)23/h3-10H,11H2,1-2H3,(H,24,26)(H,25,27). The Morgan fingerprint density at radius 1 is 1.00 bits per heavy atom. The van der Waals surface area contributed by atoms with Crippen molar-refractivity contribution in [1.29, 1.82) is 0 Å². The fraction of sp³-hybridized carbons (Fsp3) is 0.263. The Morgan fingerprint density at radius 3 is 2.22 bits per heavy atom. The lowest BCUT2D eigenvalue weighted by Gasteiger charge is -2.24. The predicted molar refractivity (Wildman–Crippen MR) is 97.2 cm³/mol. The minimum atomic E-state index is -4.70. The van der Waals surface area contributed by atoms with Gasteiger partial charge in [-0.3, -0.25) is 9.59 Å². The number of carbonyl (C=O) groups excluding carboxylic acids is 2. The molecule has 4 nitrogen and oxygen atoms in total. The van der Waals surface area contributed by atoms with Crippen LogP contribution in [0.25, 0.3) is 0 Å². The normalized spacial score (nSPS) is 11.8. The molecule has 0 saturated carbocycles. The number of halogens is 4. The third-order valence-corrected chi connectivity index (χ3v) is 4.20. The molecule has 144 valence electrons. The maximum atomic E-state index is 13.2. The van der Waals surface area contributed by atoms with E-state index in [2.05, 4.69) is 10.6 Å². The van der Waals surface area contributed by atoms with Crippen LogP contribution in [0.4, 0.5) is 18.9 Å². The Morgan fingerprint density at radius 2 is 1.63 bits per heavy atom. The third kappa shape index (κ3) is 5.23. The first-order chi connectivity index (χ1) is 12.5. The zero-order valence-corrected chi connectivity index (χ0v) is 15.4. The summed E-state index contributed by atoms with van der Waals surface area (Å²) in [6.07, 6.45) is -4.70. The van der Waals surface area contributed by atoms with E-state index in [1.54, 1.807) is 24.3 Å². The summed E-state index contributed by atoms with van der Waals surface area (Å²) in [7, 11) is 0. The second kappa shape index (κ2) is 8.00. The van der Waals surface area contributed by atoms with E-state index >= 15 is 0 Å². The van der Waals surface area contributed by atoms with E-state index in [-0.39, 0.29) is 11.6 Å². The predicted octanol–water partition coefficient (Wildman–Crippen LogP) is 4.64. The fourth-order valence-electron chi connectivity index (χ4n) is 2.24. The van der Waals surface area contributed by atoms with Crippen LogP contribution in [-0.2, 0) is 22.3 Å². The van der Waals surface area contributed by atoms with Crippen LogP contribution in [0.5, 0.6) is 0 Å². The van der Waals surface area contributed by atoms with Gasteiger partial charge in [0, 0.05) is 11.6 Å². The topological polar surface area (TPSA) is 58.2 Å². The maximum absolute atomic E-state index is 13.2. The number of alkyl halides is 3. The Bertz CT molecular complexity index is 837. The summed E-state index contributed by atoms with van der Waals surface area (Å²) in [5, 5.41) is 4.69. The minimum absolute atomic E-state index is 0.111. The molecule has 2 aromatic rings. The number of rotatable bonds is 5. The van der Waals surface area contributed by atoms with Crippen LogP contribution in [0.15, 0.2) is 48.5 Å². The van der Waals surface area contributed by atoms with Crippen LogP contribution in [0.2, 0.25) is 5.02 Å². The lowest BCUT2D eigenvalue weighted by molar-refractivity contribution is -0.138. The van der Waals surface area contributed by atoms with Gasteiger partial charge in [0.2, 0.25) is 11.8 Å². The number of anilines is 1. The molecule has 2 aromatic carbocycles. The van der Waals surface area contributed by atoms with E-state index in [0.29, 0.717) is 0 Å². The smallest absolute Gasteiger partial charge is 0.351 e. The molecule has 0 atom stereocenters. The Kier molecular flexibility index (Phi) is 6.15. The van der Waals surface area contributed by atoms with Gasteiger partial charge < -0.3 is 10.6 Å². The van der Waals surface area contributed by atoms with Crippen molar-refractivity contribution in [3.8, 4) is 0 Å². The summed E-state index contributed by atoms with van der Waals surface area (Å²) in [6, 6.07) is 12.0.